The number of nitrogens with zero attached hydrogens (tertiary/aromatic N) is 7. The zero-order valence-corrected chi connectivity index (χ0v) is 15.5. The van der Waals surface area contributed by atoms with Gasteiger partial charge >= 0.3 is 0 Å². The molecule has 1 aliphatic heterocycles. The van der Waals surface area contributed by atoms with E-state index >= 15 is 0 Å². The van der Waals surface area contributed by atoms with Crippen molar-refractivity contribution in [2.45, 2.75) is 25.7 Å². The second kappa shape index (κ2) is 5.94. The lowest BCUT2D eigenvalue weighted by Crippen LogP contribution is -2.34. The van der Waals surface area contributed by atoms with E-state index in [-0.39, 0.29) is 5.92 Å². The summed E-state index contributed by atoms with van der Waals surface area (Å²) < 4.78 is 3.52. The van der Waals surface area contributed by atoms with Crippen molar-refractivity contribution in [2.75, 3.05) is 23.7 Å². The van der Waals surface area contributed by atoms with Crippen LogP contribution in [0.5, 0.6) is 0 Å². The fourth-order valence-corrected chi connectivity index (χ4v) is 3.98. The molecule has 138 valence electrons. The summed E-state index contributed by atoms with van der Waals surface area (Å²) in [6.45, 7) is 3.95. The Labute approximate surface area is 156 Å². The third-order valence-electron chi connectivity index (χ3n) is 5.39. The van der Waals surface area contributed by atoms with Crippen molar-refractivity contribution < 1.29 is 0 Å². The number of benzene rings is 1. The summed E-state index contributed by atoms with van der Waals surface area (Å²) in [6, 6.07) is 6.09. The highest BCUT2D eigenvalue weighted by molar-refractivity contribution is 5.94. The largest absolute Gasteiger partial charge is 0.368 e. The topological polar surface area (TPSA) is 90.2 Å². The number of rotatable bonds is 2. The van der Waals surface area contributed by atoms with Gasteiger partial charge in [0.15, 0.2) is 11.5 Å². The second-order valence-corrected chi connectivity index (χ2v) is 7.30. The highest BCUT2D eigenvalue weighted by atomic mass is 15.4. The van der Waals surface area contributed by atoms with Crippen LogP contribution < -0.4 is 10.6 Å². The summed E-state index contributed by atoms with van der Waals surface area (Å²) in [5, 5.41) is 10.0. The van der Waals surface area contributed by atoms with E-state index in [0.29, 0.717) is 5.95 Å². The van der Waals surface area contributed by atoms with E-state index < -0.39 is 0 Å². The first-order chi connectivity index (χ1) is 13.1. The Bertz CT molecular complexity index is 1140. The molecule has 0 aliphatic carbocycles. The Kier molecular flexibility index (Phi) is 3.53. The van der Waals surface area contributed by atoms with Gasteiger partial charge in [0.05, 0.1) is 17.4 Å². The van der Waals surface area contributed by atoms with Crippen LogP contribution in [0.1, 0.15) is 30.1 Å². The smallest absolute Gasteiger partial charge is 0.223 e. The van der Waals surface area contributed by atoms with Crippen molar-refractivity contribution in [1.82, 2.24) is 29.4 Å². The monoisotopic (exact) mass is 362 g/mol. The van der Waals surface area contributed by atoms with Gasteiger partial charge in [-0.3, -0.25) is 4.68 Å². The average molecular weight is 362 g/mol. The summed E-state index contributed by atoms with van der Waals surface area (Å²) in [6.07, 6.45) is 6.13. The molecule has 0 radical (unpaired) electrons. The summed E-state index contributed by atoms with van der Waals surface area (Å²) in [5.41, 5.74) is 10.1. The minimum Gasteiger partial charge on any atom is -0.368 e. The van der Waals surface area contributed by atoms with Crippen LogP contribution in [0.3, 0.4) is 0 Å². The Morgan fingerprint density at radius 3 is 2.93 bits per heavy atom. The maximum absolute atomic E-state index is 6.18. The van der Waals surface area contributed by atoms with E-state index in [1.54, 1.807) is 4.52 Å². The van der Waals surface area contributed by atoms with Crippen molar-refractivity contribution in [2.24, 2.45) is 7.05 Å². The van der Waals surface area contributed by atoms with Gasteiger partial charge in [-0.05, 0) is 31.4 Å². The van der Waals surface area contributed by atoms with Crippen molar-refractivity contribution in [3.63, 3.8) is 0 Å². The molecule has 2 N–H and O–H groups in total. The summed E-state index contributed by atoms with van der Waals surface area (Å²) in [5.74, 6) is 1.48. The number of hydrogen-bond donors (Lipinski definition) is 1. The van der Waals surface area contributed by atoms with Crippen LogP contribution in [0.4, 0.5) is 11.6 Å². The van der Waals surface area contributed by atoms with Gasteiger partial charge in [0.1, 0.15) is 0 Å². The Morgan fingerprint density at radius 2 is 2.11 bits per heavy atom. The third-order valence-corrected chi connectivity index (χ3v) is 5.39. The number of nitrogen functional groups attached to an aromatic ring is 1. The maximum Gasteiger partial charge on any atom is 0.223 e. The molecule has 4 heterocycles. The summed E-state index contributed by atoms with van der Waals surface area (Å²) in [4.78, 5) is 11.8. The van der Waals surface area contributed by atoms with E-state index in [2.05, 4.69) is 21.2 Å². The van der Waals surface area contributed by atoms with Gasteiger partial charge < -0.3 is 10.6 Å². The van der Waals surface area contributed by atoms with Crippen LogP contribution in [0.2, 0.25) is 0 Å². The zero-order chi connectivity index (χ0) is 18.5. The van der Waals surface area contributed by atoms with Crippen molar-refractivity contribution >= 4 is 28.2 Å². The van der Waals surface area contributed by atoms with E-state index in [1.807, 2.05) is 43.0 Å². The number of aromatic nitrogens is 6. The Hall–Kier alpha value is -3.16. The molecule has 8 nitrogen and oxygen atoms in total. The van der Waals surface area contributed by atoms with E-state index in [9.17, 15) is 0 Å². The molecule has 1 atom stereocenters. The number of fused-ring (bicyclic) bond motifs is 3. The van der Waals surface area contributed by atoms with Crippen LogP contribution in [0.25, 0.3) is 16.6 Å². The number of nitrogens with two attached hydrogens (primary N) is 1. The fraction of sp³-hybridized carbons (Fsp3) is 0.368. The Balaban J connectivity index is 1.56. The van der Waals surface area contributed by atoms with Gasteiger partial charge in [0.2, 0.25) is 5.95 Å². The van der Waals surface area contributed by atoms with Crippen LogP contribution in [-0.2, 0) is 7.05 Å². The molecule has 0 saturated carbocycles. The molecular formula is C19H22N8. The lowest BCUT2D eigenvalue weighted by molar-refractivity contribution is 0.491. The van der Waals surface area contributed by atoms with Gasteiger partial charge in [0.25, 0.3) is 0 Å². The number of anilines is 2. The molecule has 8 heteroatoms. The highest BCUT2D eigenvalue weighted by Gasteiger charge is 2.26. The molecule has 1 fully saturated rings. The normalized spacial score (nSPS) is 17.9. The molecule has 27 heavy (non-hydrogen) atoms. The van der Waals surface area contributed by atoms with Gasteiger partial charge in [-0.1, -0.05) is 12.1 Å². The average Bonchev–Trinajstić information content (AvgIpc) is 3.30. The SMILES string of the molecule is Cc1cccc2c1nc(N)n1nc(C3CCCN(c4cnn(C)c4)C3)nc21. The van der Waals surface area contributed by atoms with Gasteiger partial charge in [-0.2, -0.15) is 9.61 Å². The fourth-order valence-electron chi connectivity index (χ4n) is 3.98. The van der Waals surface area contributed by atoms with Crippen molar-refractivity contribution in [3.05, 3.63) is 42.0 Å². The molecule has 5 rings (SSSR count). The lowest BCUT2D eigenvalue weighted by Gasteiger charge is -2.32. The van der Waals surface area contributed by atoms with Crippen molar-refractivity contribution in [1.29, 1.82) is 0 Å². The molecule has 0 spiro atoms. The molecule has 4 aromatic rings. The molecule has 1 unspecified atom stereocenters. The molecule has 1 saturated heterocycles. The first kappa shape index (κ1) is 16.0. The second-order valence-electron chi connectivity index (χ2n) is 7.30. The molecular weight excluding hydrogens is 340 g/mol. The molecule has 0 amide bonds. The predicted octanol–water partition coefficient (Wildman–Crippen LogP) is 2.29. The first-order valence-corrected chi connectivity index (χ1v) is 9.25. The first-order valence-electron chi connectivity index (χ1n) is 9.25. The summed E-state index contributed by atoms with van der Waals surface area (Å²) >= 11 is 0. The number of hydrogen-bond acceptors (Lipinski definition) is 6. The minimum atomic E-state index is 0.262. The summed E-state index contributed by atoms with van der Waals surface area (Å²) in [7, 11) is 1.94. The lowest BCUT2D eigenvalue weighted by atomic mass is 9.97. The maximum atomic E-state index is 6.18. The Morgan fingerprint density at radius 1 is 1.22 bits per heavy atom. The molecule has 0 bridgehead atoms. The number of aryl methyl sites for hydroxylation is 2. The molecule has 3 aromatic heterocycles. The van der Waals surface area contributed by atoms with Gasteiger partial charge in [0, 0.05) is 37.6 Å². The standard InChI is InChI=1S/C19H22N8/c1-12-5-3-7-15-16(12)22-19(20)27-18(15)23-17(24-27)13-6-4-8-26(10-13)14-9-21-25(2)11-14/h3,5,7,9,11,13H,4,6,8,10H2,1-2H3,(H2,20,22). The number of piperidine rings is 1. The highest BCUT2D eigenvalue weighted by Crippen LogP contribution is 2.30. The van der Waals surface area contributed by atoms with E-state index in [1.165, 1.54) is 0 Å². The quantitative estimate of drug-likeness (QED) is 0.588. The van der Waals surface area contributed by atoms with Gasteiger partial charge in [-0.25, -0.2) is 9.97 Å². The van der Waals surface area contributed by atoms with Crippen molar-refractivity contribution in [3.8, 4) is 0 Å². The minimum absolute atomic E-state index is 0.262. The number of para-hydroxylation sites is 1. The molecule has 1 aromatic carbocycles. The van der Waals surface area contributed by atoms with Crippen LogP contribution in [0, 0.1) is 6.92 Å². The van der Waals surface area contributed by atoms with Gasteiger partial charge in [-0.15, -0.1) is 5.10 Å². The predicted molar refractivity (Wildman–Crippen MR) is 105 cm³/mol. The van der Waals surface area contributed by atoms with E-state index in [4.69, 9.17) is 15.8 Å². The van der Waals surface area contributed by atoms with Crippen LogP contribution in [-0.4, -0.2) is 42.5 Å². The zero-order valence-electron chi connectivity index (χ0n) is 15.5. The van der Waals surface area contributed by atoms with Crippen LogP contribution >= 0.6 is 0 Å². The third kappa shape index (κ3) is 2.59. The van der Waals surface area contributed by atoms with Crippen LogP contribution in [0.15, 0.2) is 30.6 Å². The van der Waals surface area contributed by atoms with E-state index in [0.717, 1.165) is 59.6 Å². The molecule has 1 aliphatic rings.